The molecule has 0 aliphatic rings. The van der Waals surface area contributed by atoms with Crippen LogP contribution in [0.4, 0.5) is 5.69 Å². The van der Waals surface area contributed by atoms with Crippen molar-refractivity contribution in [3.63, 3.8) is 0 Å². The highest BCUT2D eigenvalue weighted by Gasteiger charge is 2.32. The summed E-state index contributed by atoms with van der Waals surface area (Å²) in [6.07, 6.45) is 0. The number of methoxy groups -OCH3 is 1. The van der Waals surface area contributed by atoms with Gasteiger partial charge in [-0.2, -0.15) is 0 Å². The topological polar surface area (TPSA) is 96.0 Å². The van der Waals surface area contributed by atoms with E-state index in [9.17, 15) is 18.0 Å². The van der Waals surface area contributed by atoms with E-state index in [1.54, 1.807) is 56.3 Å². The Morgan fingerprint density at radius 3 is 2.24 bits per heavy atom. The van der Waals surface area contributed by atoms with Gasteiger partial charge in [0.05, 0.1) is 17.7 Å². The Balaban J connectivity index is 2.05. The zero-order valence-electron chi connectivity index (χ0n) is 21.2. The lowest BCUT2D eigenvalue weighted by molar-refractivity contribution is -0.139. The molecule has 1 N–H and O–H groups in total. The second-order valence-corrected chi connectivity index (χ2v) is 11.1. The van der Waals surface area contributed by atoms with Crippen LogP contribution >= 0.6 is 23.2 Å². The van der Waals surface area contributed by atoms with E-state index < -0.39 is 28.5 Å². The normalized spacial score (nSPS) is 11.9. The fourth-order valence-electron chi connectivity index (χ4n) is 3.80. The molecule has 0 saturated carbocycles. The highest BCUT2D eigenvalue weighted by atomic mass is 35.5. The molecule has 11 heteroatoms. The lowest BCUT2D eigenvalue weighted by Crippen LogP contribution is -2.51. The van der Waals surface area contributed by atoms with Crippen molar-refractivity contribution < 1.29 is 22.7 Å². The molecule has 0 radical (unpaired) electrons. The number of nitrogens with one attached hydrogen (secondary N) is 1. The zero-order valence-corrected chi connectivity index (χ0v) is 23.6. The number of anilines is 1. The van der Waals surface area contributed by atoms with Gasteiger partial charge in [0.1, 0.15) is 18.3 Å². The van der Waals surface area contributed by atoms with Crippen molar-refractivity contribution in [2.45, 2.75) is 31.3 Å². The van der Waals surface area contributed by atoms with Gasteiger partial charge < -0.3 is 15.0 Å². The number of sulfonamides is 1. The first-order valence-electron chi connectivity index (χ1n) is 11.8. The van der Waals surface area contributed by atoms with Crippen molar-refractivity contribution in [1.82, 2.24) is 10.2 Å². The smallest absolute Gasteiger partial charge is 0.264 e. The van der Waals surface area contributed by atoms with Gasteiger partial charge in [-0.25, -0.2) is 8.42 Å². The van der Waals surface area contributed by atoms with Crippen LogP contribution < -0.4 is 14.4 Å². The molecular weight excluding hydrogens is 549 g/mol. The summed E-state index contributed by atoms with van der Waals surface area (Å²) in [5.74, 6) is -0.378. The minimum Gasteiger partial charge on any atom is -0.497 e. The highest BCUT2D eigenvalue weighted by Crippen LogP contribution is 2.30. The molecule has 0 aromatic heterocycles. The fraction of sp³-hybridized carbons (Fsp3) is 0.259. The van der Waals surface area contributed by atoms with Gasteiger partial charge in [-0.15, -0.1) is 0 Å². The number of ether oxygens (including phenoxy) is 1. The molecule has 3 aromatic carbocycles. The Morgan fingerprint density at radius 1 is 0.974 bits per heavy atom. The van der Waals surface area contributed by atoms with Crippen LogP contribution in [0.3, 0.4) is 0 Å². The molecule has 0 unspecified atom stereocenters. The number of nitrogens with zero attached hydrogens (tertiary/aromatic N) is 2. The van der Waals surface area contributed by atoms with Crippen molar-refractivity contribution in [3.8, 4) is 5.75 Å². The van der Waals surface area contributed by atoms with Crippen LogP contribution in [0.15, 0.2) is 77.7 Å². The van der Waals surface area contributed by atoms with E-state index in [4.69, 9.17) is 27.9 Å². The first-order chi connectivity index (χ1) is 18.1. The molecule has 8 nitrogen and oxygen atoms in total. The third kappa shape index (κ3) is 7.18. The molecule has 0 bridgehead atoms. The minimum absolute atomic E-state index is 0.0139. The van der Waals surface area contributed by atoms with E-state index in [0.29, 0.717) is 17.9 Å². The average molecular weight is 579 g/mol. The number of hydrogen-bond donors (Lipinski definition) is 1. The molecule has 0 heterocycles. The van der Waals surface area contributed by atoms with E-state index in [0.717, 1.165) is 4.31 Å². The summed E-state index contributed by atoms with van der Waals surface area (Å²) in [6, 6.07) is 18.2. The molecule has 3 aromatic rings. The van der Waals surface area contributed by atoms with E-state index in [2.05, 4.69) is 5.32 Å². The second-order valence-electron chi connectivity index (χ2n) is 8.40. The van der Waals surface area contributed by atoms with Crippen LogP contribution in [0.25, 0.3) is 0 Å². The van der Waals surface area contributed by atoms with Gasteiger partial charge in [0.15, 0.2) is 0 Å². The van der Waals surface area contributed by atoms with Crippen LogP contribution in [0.5, 0.6) is 5.75 Å². The maximum Gasteiger partial charge on any atom is 0.264 e. The summed E-state index contributed by atoms with van der Waals surface area (Å²) < 4.78 is 33.7. The van der Waals surface area contributed by atoms with Gasteiger partial charge in [-0.05, 0) is 61.9 Å². The quantitative estimate of drug-likeness (QED) is 0.354. The van der Waals surface area contributed by atoms with Gasteiger partial charge in [-0.1, -0.05) is 53.5 Å². The predicted octanol–water partition coefficient (Wildman–Crippen LogP) is 4.75. The molecule has 0 aliphatic heterocycles. The summed E-state index contributed by atoms with van der Waals surface area (Å²) in [5, 5.41) is 3.13. The number of rotatable bonds is 11. The fourth-order valence-corrected chi connectivity index (χ4v) is 5.74. The highest BCUT2D eigenvalue weighted by molar-refractivity contribution is 7.92. The third-order valence-corrected chi connectivity index (χ3v) is 7.98. The zero-order chi connectivity index (χ0) is 27.9. The number of benzene rings is 3. The lowest BCUT2D eigenvalue weighted by atomic mass is 10.1. The summed E-state index contributed by atoms with van der Waals surface area (Å²) in [4.78, 5) is 27.9. The molecule has 2 amide bonds. The van der Waals surface area contributed by atoms with E-state index >= 15 is 0 Å². The molecule has 0 fully saturated rings. The van der Waals surface area contributed by atoms with Gasteiger partial charge in [0.2, 0.25) is 11.8 Å². The summed E-state index contributed by atoms with van der Waals surface area (Å²) in [6.45, 7) is 3.19. The lowest BCUT2D eigenvalue weighted by Gasteiger charge is -2.32. The number of amides is 2. The van der Waals surface area contributed by atoms with Gasteiger partial charge in [0, 0.05) is 23.1 Å². The van der Waals surface area contributed by atoms with E-state index in [1.807, 2.05) is 0 Å². The van der Waals surface area contributed by atoms with Crippen LogP contribution in [0, 0.1) is 0 Å². The molecule has 1 atom stereocenters. The van der Waals surface area contributed by atoms with Crippen molar-refractivity contribution in [2.24, 2.45) is 0 Å². The Morgan fingerprint density at radius 2 is 1.63 bits per heavy atom. The van der Waals surface area contributed by atoms with Crippen LogP contribution in [-0.2, 0) is 26.2 Å². The van der Waals surface area contributed by atoms with Gasteiger partial charge in [-0.3, -0.25) is 13.9 Å². The predicted molar refractivity (Wildman–Crippen MR) is 149 cm³/mol. The first-order valence-corrected chi connectivity index (χ1v) is 14.0. The Bertz CT molecular complexity index is 1370. The number of halogens is 2. The van der Waals surface area contributed by atoms with Crippen molar-refractivity contribution in [1.29, 1.82) is 0 Å². The Hall–Kier alpha value is -3.27. The van der Waals surface area contributed by atoms with E-state index in [-0.39, 0.29) is 33.1 Å². The summed E-state index contributed by atoms with van der Waals surface area (Å²) >= 11 is 12.4. The standard InChI is InChI=1S/C27H29Cl2N3O5S/c1-4-30-27(34)19(2)31(17-20-9-8-10-24(13-20)37-3)26(33)18-32(23-15-21(28)14-22(29)16-23)38(35,36)25-11-6-5-7-12-25/h5-16,19H,4,17-18H2,1-3H3,(H,30,34)/t19-/m0/s1. The average Bonchev–Trinajstić information content (AvgIpc) is 2.90. The number of carbonyl (C=O) groups is 2. The Labute approximate surface area is 233 Å². The van der Waals surface area contributed by atoms with Crippen molar-refractivity contribution in [2.75, 3.05) is 24.5 Å². The molecule has 202 valence electrons. The SMILES string of the molecule is CCNC(=O)[C@H](C)N(Cc1cccc(OC)c1)C(=O)CN(c1cc(Cl)cc(Cl)c1)S(=O)(=O)c1ccccc1. The maximum absolute atomic E-state index is 13.8. The van der Waals surface area contributed by atoms with Crippen LogP contribution in [0.1, 0.15) is 19.4 Å². The summed E-state index contributed by atoms with van der Waals surface area (Å²) in [7, 11) is -2.68. The van der Waals surface area contributed by atoms with Gasteiger partial charge in [0.25, 0.3) is 10.0 Å². The van der Waals surface area contributed by atoms with Crippen molar-refractivity contribution >= 4 is 50.7 Å². The van der Waals surface area contributed by atoms with Crippen LogP contribution in [-0.4, -0.2) is 51.4 Å². The third-order valence-electron chi connectivity index (χ3n) is 5.75. The number of carbonyl (C=O) groups excluding carboxylic acids is 2. The first kappa shape index (κ1) is 29.3. The molecule has 0 aliphatic carbocycles. The molecule has 38 heavy (non-hydrogen) atoms. The molecule has 0 saturated heterocycles. The molecule has 0 spiro atoms. The number of hydrogen-bond acceptors (Lipinski definition) is 5. The van der Waals surface area contributed by atoms with E-state index in [1.165, 1.54) is 42.3 Å². The maximum atomic E-state index is 13.8. The largest absolute Gasteiger partial charge is 0.497 e. The minimum atomic E-state index is -4.21. The Kier molecular flexibility index (Phi) is 10.0. The van der Waals surface area contributed by atoms with Crippen LogP contribution in [0.2, 0.25) is 10.0 Å². The molecular formula is C27H29Cl2N3O5S. The second kappa shape index (κ2) is 13.0. The monoisotopic (exact) mass is 577 g/mol. The molecule has 3 rings (SSSR count). The van der Waals surface area contributed by atoms with Gasteiger partial charge >= 0.3 is 0 Å². The number of likely N-dealkylation sites (N-methyl/N-ethyl adjacent to an activating group) is 1. The van der Waals surface area contributed by atoms with Crippen molar-refractivity contribution in [3.05, 3.63) is 88.4 Å². The summed E-state index contributed by atoms with van der Waals surface area (Å²) in [5.41, 5.74) is 0.823.